The summed E-state index contributed by atoms with van der Waals surface area (Å²) in [4.78, 5) is 9.21. The van der Waals surface area contributed by atoms with Crippen molar-refractivity contribution in [1.82, 2.24) is 19.7 Å². The summed E-state index contributed by atoms with van der Waals surface area (Å²) in [6, 6.07) is 1.93. The summed E-state index contributed by atoms with van der Waals surface area (Å²) in [6.07, 6.45) is 2.73. The molecule has 0 atom stereocenters. The molecule has 0 saturated carbocycles. The molecule has 0 unspecified atom stereocenters. The van der Waals surface area contributed by atoms with Crippen LogP contribution in [0.4, 0.5) is 5.82 Å². The van der Waals surface area contributed by atoms with E-state index in [9.17, 15) is 0 Å². The van der Waals surface area contributed by atoms with Crippen molar-refractivity contribution in [3.8, 4) is 11.5 Å². The number of nitrogens with zero attached hydrogens (tertiary/aromatic N) is 4. The molecule has 19 heavy (non-hydrogen) atoms. The van der Waals surface area contributed by atoms with Gasteiger partial charge < -0.3 is 10.1 Å². The van der Waals surface area contributed by atoms with Crippen molar-refractivity contribution in [2.75, 3.05) is 18.5 Å². The summed E-state index contributed by atoms with van der Waals surface area (Å²) in [6.45, 7) is 4.18. The molecular weight excluding hydrogens is 242 g/mol. The predicted molar refractivity (Wildman–Crippen MR) is 71.8 cm³/mol. The number of rotatable bonds is 3. The highest BCUT2D eigenvalue weighted by atomic mass is 16.5. The van der Waals surface area contributed by atoms with Crippen LogP contribution in [0.5, 0.6) is 0 Å². The third kappa shape index (κ3) is 2.31. The van der Waals surface area contributed by atoms with Gasteiger partial charge in [0.1, 0.15) is 11.5 Å². The molecule has 3 heterocycles. The Morgan fingerprint density at radius 3 is 3.05 bits per heavy atom. The molecular formula is C13H17N5O. The second kappa shape index (κ2) is 4.97. The molecule has 2 aromatic rings. The Kier molecular flexibility index (Phi) is 3.16. The first-order valence-corrected chi connectivity index (χ1v) is 6.49. The molecule has 6 nitrogen and oxygen atoms in total. The summed E-state index contributed by atoms with van der Waals surface area (Å²) < 4.78 is 7.25. The molecule has 1 N–H and O–H groups in total. The predicted octanol–water partition coefficient (Wildman–Crippen LogP) is 1.38. The van der Waals surface area contributed by atoms with Gasteiger partial charge in [-0.25, -0.2) is 9.97 Å². The van der Waals surface area contributed by atoms with Crippen LogP contribution >= 0.6 is 0 Å². The van der Waals surface area contributed by atoms with Crippen molar-refractivity contribution in [2.24, 2.45) is 7.05 Å². The monoisotopic (exact) mass is 259 g/mol. The lowest BCUT2D eigenvalue weighted by atomic mass is 10.1. The topological polar surface area (TPSA) is 64.9 Å². The van der Waals surface area contributed by atoms with Crippen molar-refractivity contribution >= 4 is 5.82 Å². The molecule has 0 spiro atoms. The smallest absolute Gasteiger partial charge is 0.182 e. The van der Waals surface area contributed by atoms with Gasteiger partial charge in [0.2, 0.25) is 0 Å². The SMILES string of the molecule is CCNc1nc(-c2ccn(C)n2)nc2c1COCC2. The van der Waals surface area contributed by atoms with Gasteiger partial charge in [-0.3, -0.25) is 4.68 Å². The second-order valence-electron chi connectivity index (χ2n) is 4.53. The van der Waals surface area contributed by atoms with Crippen LogP contribution in [0.3, 0.4) is 0 Å². The van der Waals surface area contributed by atoms with Crippen molar-refractivity contribution in [1.29, 1.82) is 0 Å². The number of hydrogen-bond donors (Lipinski definition) is 1. The normalized spacial score (nSPS) is 14.2. The number of aromatic nitrogens is 4. The van der Waals surface area contributed by atoms with E-state index < -0.39 is 0 Å². The maximum atomic E-state index is 5.49. The van der Waals surface area contributed by atoms with E-state index in [1.54, 1.807) is 4.68 Å². The van der Waals surface area contributed by atoms with E-state index in [1.165, 1.54) is 0 Å². The van der Waals surface area contributed by atoms with Crippen molar-refractivity contribution < 1.29 is 4.74 Å². The van der Waals surface area contributed by atoms with Crippen molar-refractivity contribution in [2.45, 2.75) is 20.0 Å². The van der Waals surface area contributed by atoms with Gasteiger partial charge >= 0.3 is 0 Å². The van der Waals surface area contributed by atoms with E-state index in [0.717, 1.165) is 42.3 Å². The maximum Gasteiger partial charge on any atom is 0.182 e. The Hall–Kier alpha value is -1.95. The minimum Gasteiger partial charge on any atom is -0.376 e. The minimum absolute atomic E-state index is 0.583. The number of anilines is 1. The fraction of sp³-hybridized carbons (Fsp3) is 0.462. The molecule has 0 radical (unpaired) electrons. The van der Waals surface area contributed by atoms with E-state index in [0.29, 0.717) is 12.4 Å². The number of hydrogen-bond acceptors (Lipinski definition) is 5. The Morgan fingerprint density at radius 2 is 2.32 bits per heavy atom. The molecule has 0 amide bonds. The third-order valence-electron chi connectivity index (χ3n) is 3.11. The van der Waals surface area contributed by atoms with Gasteiger partial charge in [-0.05, 0) is 13.0 Å². The van der Waals surface area contributed by atoms with Gasteiger partial charge in [0.25, 0.3) is 0 Å². The summed E-state index contributed by atoms with van der Waals surface area (Å²) >= 11 is 0. The molecule has 1 aliphatic rings. The van der Waals surface area contributed by atoms with E-state index in [4.69, 9.17) is 4.74 Å². The Morgan fingerprint density at radius 1 is 1.42 bits per heavy atom. The van der Waals surface area contributed by atoms with Gasteiger partial charge in [-0.2, -0.15) is 5.10 Å². The lowest BCUT2D eigenvalue weighted by Gasteiger charge is -2.19. The molecule has 0 fully saturated rings. The van der Waals surface area contributed by atoms with Crippen LogP contribution < -0.4 is 5.32 Å². The molecule has 0 bridgehead atoms. The van der Waals surface area contributed by atoms with Gasteiger partial charge in [0, 0.05) is 31.8 Å². The molecule has 1 aliphatic heterocycles. The maximum absolute atomic E-state index is 5.49. The molecule has 0 aromatic carbocycles. The molecule has 2 aromatic heterocycles. The summed E-state index contributed by atoms with van der Waals surface area (Å²) in [5.74, 6) is 1.55. The van der Waals surface area contributed by atoms with Crippen molar-refractivity contribution in [3.63, 3.8) is 0 Å². The molecule has 0 aliphatic carbocycles. The average Bonchev–Trinajstić information content (AvgIpc) is 2.86. The van der Waals surface area contributed by atoms with Crippen LogP contribution in [-0.2, 0) is 24.8 Å². The lowest BCUT2D eigenvalue weighted by Crippen LogP contribution is -2.17. The third-order valence-corrected chi connectivity index (χ3v) is 3.11. The summed E-state index contributed by atoms with van der Waals surface area (Å²) in [5, 5.41) is 7.65. The highest BCUT2D eigenvalue weighted by Gasteiger charge is 2.19. The van der Waals surface area contributed by atoms with Gasteiger partial charge in [-0.15, -0.1) is 0 Å². The number of fused-ring (bicyclic) bond motifs is 1. The van der Waals surface area contributed by atoms with Gasteiger partial charge in [0.05, 0.1) is 18.9 Å². The highest BCUT2D eigenvalue weighted by Crippen LogP contribution is 2.25. The van der Waals surface area contributed by atoms with Gasteiger partial charge in [-0.1, -0.05) is 0 Å². The van der Waals surface area contributed by atoms with E-state index in [2.05, 4.69) is 27.3 Å². The minimum atomic E-state index is 0.583. The van der Waals surface area contributed by atoms with E-state index in [-0.39, 0.29) is 0 Å². The number of ether oxygens (including phenoxy) is 1. The van der Waals surface area contributed by atoms with Gasteiger partial charge in [0.15, 0.2) is 5.82 Å². The zero-order valence-electron chi connectivity index (χ0n) is 11.2. The molecule has 3 rings (SSSR count). The lowest BCUT2D eigenvalue weighted by molar-refractivity contribution is 0.109. The van der Waals surface area contributed by atoms with Crippen LogP contribution in [0.25, 0.3) is 11.5 Å². The standard InChI is InChI=1S/C13H17N5O/c1-3-14-12-9-8-19-7-5-10(9)15-13(16-12)11-4-6-18(2)17-11/h4,6H,3,5,7-8H2,1-2H3,(H,14,15,16). The van der Waals surface area contributed by atoms with Crippen LogP contribution in [0.15, 0.2) is 12.3 Å². The molecule has 6 heteroatoms. The first-order valence-electron chi connectivity index (χ1n) is 6.49. The first kappa shape index (κ1) is 12.1. The fourth-order valence-corrected chi connectivity index (χ4v) is 2.19. The summed E-state index contributed by atoms with van der Waals surface area (Å²) in [7, 11) is 1.89. The number of aryl methyl sites for hydroxylation is 1. The quantitative estimate of drug-likeness (QED) is 0.902. The Labute approximate surface area is 111 Å². The zero-order chi connectivity index (χ0) is 13.2. The molecule has 100 valence electrons. The fourth-order valence-electron chi connectivity index (χ4n) is 2.19. The van der Waals surface area contributed by atoms with Crippen LogP contribution in [0.2, 0.25) is 0 Å². The Bertz CT molecular complexity index is 593. The zero-order valence-corrected chi connectivity index (χ0v) is 11.2. The van der Waals surface area contributed by atoms with Crippen LogP contribution in [0, 0.1) is 0 Å². The Balaban J connectivity index is 2.08. The number of nitrogens with one attached hydrogen (secondary N) is 1. The van der Waals surface area contributed by atoms with Crippen LogP contribution in [0.1, 0.15) is 18.2 Å². The second-order valence-corrected chi connectivity index (χ2v) is 4.53. The first-order chi connectivity index (χ1) is 9.28. The summed E-state index contributed by atoms with van der Waals surface area (Å²) in [5.41, 5.74) is 2.95. The van der Waals surface area contributed by atoms with E-state index in [1.807, 2.05) is 19.3 Å². The van der Waals surface area contributed by atoms with Crippen LogP contribution in [-0.4, -0.2) is 32.9 Å². The average molecular weight is 259 g/mol. The molecule has 0 saturated heterocycles. The van der Waals surface area contributed by atoms with Crippen molar-refractivity contribution in [3.05, 3.63) is 23.5 Å². The largest absolute Gasteiger partial charge is 0.376 e. The van der Waals surface area contributed by atoms with E-state index >= 15 is 0 Å². The highest BCUT2D eigenvalue weighted by molar-refractivity contribution is 5.56.